The molecule has 1 saturated carbocycles. The molecule has 1 aliphatic carbocycles. The van der Waals surface area contributed by atoms with Crippen molar-refractivity contribution >= 4 is 17.5 Å². The van der Waals surface area contributed by atoms with Gasteiger partial charge in [0.25, 0.3) is 0 Å². The molecule has 0 aromatic heterocycles. The van der Waals surface area contributed by atoms with Gasteiger partial charge in [-0.05, 0) is 30.9 Å². The van der Waals surface area contributed by atoms with E-state index >= 15 is 0 Å². The summed E-state index contributed by atoms with van der Waals surface area (Å²) in [5.41, 5.74) is 2.11. The van der Waals surface area contributed by atoms with Crippen molar-refractivity contribution in [3.63, 3.8) is 0 Å². The highest BCUT2D eigenvalue weighted by Crippen LogP contribution is 2.29. The maximum absolute atomic E-state index is 12.4. The van der Waals surface area contributed by atoms with E-state index in [0.717, 1.165) is 24.9 Å². The normalized spacial score (nSPS) is 17.3. The number of carbonyl (C=O) groups excluding carboxylic acids is 2. The summed E-state index contributed by atoms with van der Waals surface area (Å²) in [6, 6.07) is 8.19. The first-order valence-corrected chi connectivity index (χ1v) is 7.99. The lowest BCUT2D eigenvalue weighted by Crippen LogP contribution is -2.40. The van der Waals surface area contributed by atoms with E-state index in [1.807, 2.05) is 24.3 Å². The second-order valence-electron chi connectivity index (χ2n) is 5.97. The van der Waals surface area contributed by atoms with E-state index in [9.17, 15) is 9.59 Å². The molecule has 5 nitrogen and oxygen atoms in total. The van der Waals surface area contributed by atoms with Gasteiger partial charge in [0.15, 0.2) is 0 Å². The van der Waals surface area contributed by atoms with Gasteiger partial charge in [0.05, 0.1) is 6.61 Å². The summed E-state index contributed by atoms with van der Waals surface area (Å²) in [4.78, 5) is 28.0. The molecule has 3 rings (SSSR count). The Labute approximate surface area is 130 Å². The summed E-state index contributed by atoms with van der Waals surface area (Å²) >= 11 is 0. The van der Waals surface area contributed by atoms with Crippen molar-refractivity contribution in [1.29, 1.82) is 0 Å². The van der Waals surface area contributed by atoms with Gasteiger partial charge in [-0.2, -0.15) is 0 Å². The lowest BCUT2D eigenvalue weighted by molar-refractivity contribution is -0.132. The number of aliphatic hydroxyl groups excluding tert-OH is 1. The maximum Gasteiger partial charge on any atom is 0.227 e. The number of anilines is 1. The highest BCUT2D eigenvalue weighted by atomic mass is 16.3. The Bertz CT molecular complexity index is 569. The zero-order chi connectivity index (χ0) is 15.5. The van der Waals surface area contributed by atoms with E-state index in [1.54, 1.807) is 9.80 Å². The van der Waals surface area contributed by atoms with Crippen LogP contribution in [0.25, 0.3) is 0 Å². The van der Waals surface area contributed by atoms with Crippen molar-refractivity contribution in [1.82, 2.24) is 4.90 Å². The molecule has 22 heavy (non-hydrogen) atoms. The second-order valence-corrected chi connectivity index (χ2v) is 5.97. The number of rotatable bonds is 6. The van der Waals surface area contributed by atoms with Gasteiger partial charge >= 0.3 is 0 Å². The second kappa shape index (κ2) is 6.48. The Morgan fingerprint density at radius 3 is 2.77 bits per heavy atom. The zero-order valence-corrected chi connectivity index (χ0v) is 12.7. The first-order valence-electron chi connectivity index (χ1n) is 7.99. The number of para-hydroxylation sites is 1. The number of carbonyl (C=O) groups is 2. The number of benzene rings is 1. The Hall–Kier alpha value is -1.88. The summed E-state index contributed by atoms with van der Waals surface area (Å²) in [5.74, 6) is 0.124. The Morgan fingerprint density at radius 2 is 2.05 bits per heavy atom. The molecule has 1 heterocycles. The van der Waals surface area contributed by atoms with Crippen molar-refractivity contribution in [2.45, 2.75) is 38.1 Å². The Morgan fingerprint density at radius 1 is 1.27 bits per heavy atom. The molecule has 1 N–H and O–H groups in total. The third-order valence-corrected chi connectivity index (χ3v) is 4.39. The molecule has 0 saturated heterocycles. The molecule has 0 unspecified atom stereocenters. The highest BCUT2D eigenvalue weighted by Gasteiger charge is 2.32. The van der Waals surface area contributed by atoms with Crippen LogP contribution in [0.5, 0.6) is 0 Å². The van der Waals surface area contributed by atoms with Gasteiger partial charge in [0, 0.05) is 37.7 Å². The molecule has 118 valence electrons. The molecular weight excluding hydrogens is 280 g/mol. The number of hydrogen-bond acceptors (Lipinski definition) is 3. The topological polar surface area (TPSA) is 60.9 Å². The molecule has 0 bridgehead atoms. The standard InChI is InChI=1S/C17H22N2O3/c20-12-11-18(14-6-7-14)17(22)9-10-19-15-4-2-1-3-13(15)5-8-16(19)21/h1-4,14,20H,5-12H2. The van der Waals surface area contributed by atoms with E-state index in [2.05, 4.69) is 0 Å². The van der Waals surface area contributed by atoms with Gasteiger partial charge in [0.1, 0.15) is 0 Å². The molecule has 5 heteroatoms. The predicted molar refractivity (Wildman–Crippen MR) is 83.6 cm³/mol. The van der Waals surface area contributed by atoms with Crippen LogP contribution in [0.3, 0.4) is 0 Å². The molecular formula is C17H22N2O3. The summed E-state index contributed by atoms with van der Waals surface area (Å²) in [5, 5.41) is 9.09. The fraction of sp³-hybridized carbons (Fsp3) is 0.529. The molecule has 0 spiro atoms. The van der Waals surface area contributed by atoms with Crippen molar-refractivity contribution in [3.05, 3.63) is 29.8 Å². The molecule has 2 aliphatic rings. The van der Waals surface area contributed by atoms with Crippen molar-refractivity contribution < 1.29 is 14.7 Å². The van der Waals surface area contributed by atoms with E-state index in [-0.39, 0.29) is 18.4 Å². The molecule has 2 amide bonds. The average molecular weight is 302 g/mol. The zero-order valence-electron chi connectivity index (χ0n) is 12.7. The number of amides is 2. The smallest absolute Gasteiger partial charge is 0.227 e. The van der Waals surface area contributed by atoms with Gasteiger partial charge in [-0.3, -0.25) is 9.59 Å². The molecule has 0 radical (unpaired) electrons. The van der Waals surface area contributed by atoms with E-state index in [0.29, 0.717) is 32.0 Å². The minimum atomic E-state index is -0.00623. The van der Waals surface area contributed by atoms with Crippen molar-refractivity contribution in [2.75, 3.05) is 24.6 Å². The third-order valence-electron chi connectivity index (χ3n) is 4.39. The van der Waals surface area contributed by atoms with Gasteiger partial charge in [-0.1, -0.05) is 18.2 Å². The number of aryl methyl sites for hydroxylation is 1. The Balaban J connectivity index is 1.65. The lowest BCUT2D eigenvalue weighted by Gasteiger charge is -2.30. The van der Waals surface area contributed by atoms with Gasteiger partial charge in [-0.25, -0.2) is 0 Å². The van der Waals surface area contributed by atoms with Crippen molar-refractivity contribution in [2.24, 2.45) is 0 Å². The van der Waals surface area contributed by atoms with Crippen LogP contribution in [-0.2, 0) is 16.0 Å². The number of nitrogens with zero attached hydrogens (tertiary/aromatic N) is 2. The largest absolute Gasteiger partial charge is 0.395 e. The number of aliphatic hydroxyl groups is 1. The van der Waals surface area contributed by atoms with Crippen LogP contribution < -0.4 is 4.90 Å². The molecule has 1 fully saturated rings. The van der Waals surface area contributed by atoms with Crippen LogP contribution in [-0.4, -0.2) is 47.6 Å². The van der Waals surface area contributed by atoms with Crippen LogP contribution in [0.1, 0.15) is 31.2 Å². The van der Waals surface area contributed by atoms with Gasteiger partial charge in [-0.15, -0.1) is 0 Å². The quantitative estimate of drug-likeness (QED) is 0.862. The first-order chi connectivity index (χ1) is 10.7. The number of fused-ring (bicyclic) bond motifs is 1. The minimum Gasteiger partial charge on any atom is -0.395 e. The fourth-order valence-electron chi connectivity index (χ4n) is 3.10. The number of hydrogen-bond donors (Lipinski definition) is 1. The van der Waals surface area contributed by atoms with E-state index in [1.165, 1.54) is 5.56 Å². The highest BCUT2D eigenvalue weighted by molar-refractivity contribution is 5.97. The van der Waals surface area contributed by atoms with Gasteiger partial charge < -0.3 is 14.9 Å². The predicted octanol–water partition coefficient (Wildman–Crippen LogP) is 1.34. The SMILES string of the molecule is O=C1CCc2ccccc2N1CCC(=O)N(CCO)C1CC1. The molecule has 0 atom stereocenters. The summed E-state index contributed by atoms with van der Waals surface area (Å²) in [6.07, 6.45) is 3.65. The van der Waals surface area contributed by atoms with Crippen molar-refractivity contribution in [3.8, 4) is 0 Å². The third kappa shape index (κ3) is 3.14. The summed E-state index contributed by atoms with van der Waals surface area (Å²) < 4.78 is 0. The molecule has 1 aromatic carbocycles. The van der Waals surface area contributed by atoms with Crippen LogP contribution >= 0.6 is 0 Å². The lowest BCUT2D eigenvalue weighted by atomic mass is 10.0. The average Bonchev–Trinajstić information content (AvgIpc) is 3.36. The molecule has 1 aliphatic heterocycles. The summed E-state index contributed by atoms with van der Waals surface area (Å²) in [6.45, 7) is 0.811. The minimum absolute atomic E-state index is 0.00623. The maximum atomic E-state index is 12.4. The van der Waals surface area contributed by atoms with Crippen LogP contribution in [0.15, 0.2) is 24.3 Å². The Kier molecular flexibility index (Phi) is 4.43. The van der Waals surface area contributed by atoms with Crippen LogP contribution in [0, 0.1) is 0 Å². The first kappa shape index (κ1) is 15.0. The summed E-state index contributed by atoms with van der Waals surface area (Å²) in [7, 11) is 0. The fourth-order valence-corrected chi connectivity index (χ4v) is 3.10. The van der Waals surface area contributed by atoms with E-state index in [4.69, 9.17) is 5.11 Å². The van der Waals surface area contributed by atoms with Crippen LogP contribution in [0.2, 0.25) is 0 Å². The molecule has 1 aromatic rings. The van der Waals surface area contributed by atoms with Gasteiger partial charge in [0.2, 0.25) is 11.8 Å². The van der Waals surface area contributed by atoms with E-state index < -0.39 is 0 Å². The monoisotopic (exact) mass is 302 g/mol. The van der Waals surface area contributed by atoms with Crippen LogP contribution in [0.4, 0.5) is 5.69 Å².